The van der Waals surface area contributed by atoms with Crippen LogP contribution in [0.15, 0.2) is 24.3 Å². The van der Waals surface area contributed by atoms with Gasteiger partial charge in [-0.2, -0.15) is 16.9 Å². The minimum atomic E-state index is 0.250. The van der Waals surface area contributed by atoms with Crippen LogP contribution in [0.2, 0.25) is 0 Å². The first-order valence-corrected chi connectivity index (χ1v) is 8.16. The Kier molecular flexibility index (Phi) is 4.24. The molecule has 2 heterocycles. The van der Waals surface area contributed by atoms with Crippen molar-refractivity contribution in [3.05, 3.63) is 24.3 Å². The zero-order valence-corrected chi connectivity index (χ0v) is 12.8. The summed E-state index contributed by atoms with van der Waals surface area (Å²) in [6.45, 7) is 0. The Bertz CT molecular complexity index is 609. The van der Waals surface area contributed by atoms with Crippen molar-refractivity contribution in [3.8, 4) is 22.8 Å². The second-order valence-corrected chi connectivity index (χ2v) is 6.15. The summed E-state index contributed by atoms with van der Waals surface area (Å²) in [6.07, 6.45) is 2.55. The molecule has 1 aromatic heterocycles. The van der Waals surface area contributed by atoms with Crippen LogP contribution < -0.4 is 15.2 Å². The molecule has 1 aliphatic rings. The minimum Gasteiger partial charge on any atom is -0.492 e. The van der Waals surface area contributed by atoms with Gasteiger partial charge in [-0.15, -0.1) is 0 Å². The van der Waals surface area contributed by atoms with E-state index in [0.29, 0.717) is 5.82 Å². The second kappa shape index (κ2) is 6.30. The van der Waals surface area contributed by atoms with Gasteiger partial charge in [0, 0.05) is 17.4 Å². The molecule has 3 rings (SSSR count). The van der Waals surface area contributed by atoms with Gasteiger partial charge in [-0.25, -0.2) is 0 Å². The fraction of sp³-hybridized carbons (Fsp3) is 0.400. The normalized spacial score (nSPS) is 18.4. The molecule has 6 heteroatoms. The molecule has 112 valence electrons. The average molecular weight is 305 g/mol. The van der Waals surface area contributed by atoms with Crippen LogP contribution in [0.4, 0.5) is 5.82 Å². The Labute approximate surface area is 128 Å². The van der Waals surface area contributed by atoms with Crippen molar-refractivity contribution in [1.82, 2.24) is 10.2 Å². The molecule has 1 fully saturated rings. The van der Waals surface area contributed by atoms with E-state index in [2.05, 4.69) is 10.2 Å². The molecule has 21 heavy (non-hydrogen) atoms. The van der Waals surface area contributed by atoms with Crippen LogP contribution in [0.1, 0.15) is 12.8 Å². The summed E-state index contributed by atoms with van der Waals surface area (Å²) in [7, 11) is 1.65. The van der Waals surface area contributed by atoms with Crippen molar-refractivity contribution in [2.45, 2.75) is 18.9 Å². The molecule has 0 bridgehead atoms. The minimum absolute atomic E-state index is 0.250. The van der Waals surface area contributed by atoms with E-state index >= 15 is 0 Å². The SMILES string of the molecule is COc1c(OC2CCCSC2)cccc1-c1cc(N)n[nH]1. The highest BCUT2D eigenvalue weighted by Crippen LogP contribution is 2.38. The van der Waals surface area contributed by atoms with Crippen LogP contribution in [-0.2, 0) is 0 Å². The predicted octanol–water partition coefficient (Wildman–Crippen LogP) is 2.94. The first-order chi connectivity index (χ1) is 10.3. The molecule has 0 radical (unpaired) electrons. The predicted molar refractivity (Wildman–Crippen MR) is 86.0 cm³/mol. The van der Waals surface area contributed by atoms with E-state index in [9.17, 15) is 0 Å². The molecule has 0 saturated carbocycles. The van der Waals surface area contributed by atoms with Gasteiger partial charge in [0.2, 0.25) is 0 Å². The van der Waals surface area contributed by atoms with Crippen molar-refractivity contribution in [2.75, 3.05) is 24.3 Å². The zero-order chi connectivity index (χ0) is 14.7. The Balaban J connectivity index is 1.90. The highest BCUT2D eigenvalue weighted by atomic mass is 32.2. The molecule has 0 aliphatic carbocycles. The molecule has 3 N–H and O–H groups in total. The largest absolute Gasteiger partial charge is 0.492 e. The summed E-state index contributed by atoms with van der Waals surface area (Å²) in [5, 5.41) is 6.88. The number of thioether (sulfide) groups is 1. The highest BCUT2D eigenvalue weighted by Gasteiger charge is 2.19. The average Bonchev–Trinajstić information content (AvgIpc) is 2.94. The number of anilines is 1. The third-order valence-electron chi connectivity index (χ3n) is 3.48. The number of para-hydroxylation sites is 1. The monoisotopic (exact) mass is 305 g/mol. The number of nitrogen functional groups attached to an aromatic ring is 1. The first kappa shape index (κ1) is 14.1. The molecule has 1 aromatic carbocycles. The van der Waals surface area contributed by atoms with Gasteiger partial charge in [-0.3, -0.25) is 5.10 Å². The summed E-state index contributed by atoms with van der Waals surface area (Å²) in [5.41, 5.74) is 7.41. The number of H-pyrrole nitrogens is 1. The van der Waals surface area contributed by atoms with Gasteiger partial charge < -0.3 is 15.2 Å². The lowest BCUT2D eigenvalue weighted by molar-refractivity contribution is 0.202. The van der Waals surface area contributed by atoms with Crippen LogP contribution in [0, 0.1) is 0 Å². The van der Waals surface area contributed by atoms with Gasteiger partial charge >= 0.3 is 0 Å². The number of aromatic amines is 1. The number of rotatable bonds is 4. The smallest absolute Gasteiger partial charge is 0.170 e. The fourth-order valence-corrected chi connectivity index (χ4v) is 3.53. The first-order valence-electron chi connectivity index (χ1n) is 7.00. The van der Waals surface area contributed by atoms with Gasteiger partial charge in [0.05, 0.1) is 12.8 Å². The van der Waals surface area contributed by atoms with E-state index in [1.54, 1.807) is 13.2 Å². The van der Waals surface area contributed by atoms with E-state index in [0.717, 1.165) is 34.9 Å². The molecule has 0 spiro atoms. The quantitative estimate of drug-likeness (QED) is 0.908. The number of nitrogens with zero attached hydrogens (tertiary/aromatic N) is 1. The van der Waals surface area contributed by atoms with Gasteiger partial charge in [0.25, 0.3) is 0 Å². The maximum absolute atomic E-state index is 6.13. The molecule has 5 nitrogen and oxygen atoms in total. The fourth-order valence-electron chi connectivity index (χ4n) is 2.49. The summed E-state index contributed by atoms with van der Waals surface area (Å²) < 4.78 is 11.7. The number of aromatic nitrogens is 2. The molecule has 2 aromatic rings. The van der Waals surface area contributed by atoms with Crippen molar-refractivity contribution in [2.24, 2.45) is 0 Å². The molecule has 0 amide bonds. The van der Waals surface area contributed by atoms with E-state index in [-0.39, 0.29) is 6.10 Å². The maximum Gasteiger partial charge on any atom is 0.170 e. The van der Waals surface area contributed by atoms with Gasteiger partial charge in [0.1, 0.15) is 11.9 Å². The van der Waals surface area contributed by atoms with Crippen molar-refractivity contribution in [3.63, 3.8) is 0 Å². The lowest BCUT2D eigenvalue weighted by Crippen LogP contribution is -2.23. The maximum atomic E-state index is 6.13. The molecule has 1 atom stereocenters. The number of nitrogens with two attached hydrogens (primary N) is 1. The van der Waals surface area contributed by atoms with E-state index in [1.807, 2.05) is 30.0 Å². The molecular weight excluding hydrogens is 286 g/mol. The Hall–Kier alpha value is -1.82. The van der Waals surface area contributed by atoms with Crippen LogP contribution in [0.3, 0.4) is 0 Å². The summed E-state index contributed by atoms with van der Waals surface area (Å²) in [6, 6.07) is 7.66. The van der Waals surface area contributed by atoms with Crippen LogP contribution in [-0.4, -0.2) is 34.9 Å². The van der Waals surface area contributed by atoms with Crippen molar-refractivity contribution < 1.29 is 9.47 Å². The standard InChI is InChI=1S/C15H19N3O2S/c1-19-15-11(12-8-14(16)18-17-12)5-2-6-13(15)20-10-4-3-7-21-9-10/h2,5-6,8,10H,3-4,7,9H2,1H3,(H3,16,17,18). The van der Waals surface area contributed by atoms with Crippen molar-refractivity contribution in [1.29, 1.82) is 0 Å². The summed E-state index contributed by atoms with van der Waals surface area (Å²) in [4.78, 5) is 0. The van der Waals surface area contributed by atoms with Crippen molar-refractivity contribution >= 4 is 17.6 Å². The second-order valence-electron chi connectivity index (χ2n) is 5.00. The molecule has 1 unspecified atom stereocenters. The number of benzene rings is 1. The molecule has 1 aliphatic heterocycles. The number of methoxy groups -OCH3 is 1. The van der Waals surface area contributed by atoms with Crippen LogP contribution >= 0.6 is 11.8 Å². The number of hydrogen-bond acceptors (Lipinski definition) is 5. The summed E-state index contributed by atoms with van der Waals surface area (Å²) in [5.74, 6) is 4.21. The van der Waals surface area contributed by atoms with E-state index < -0.39 is 0 Å². The van der Waals surface area contributed by atoms with E-state index in [1.165, 1.54) is 12.2 Å². The summed E-state index contributed by atoms with van der Waals surface area (Å²) >= 11 is 1.94. The zero-order valence-electron chi connectivity index (χ0n) is 12.0. The Morgan fingerprint density at radius 3 is 3.00 bits per heavy atom. The van der Waals surface area contributed by atoms with Gasteiger partial charge in [-0.1, -0.05) is 6.07 Å². The third kappa shape index (κ3) is 3.10. The molecular formula is C15H19N3O2S. The number of hydrogen-bond donors (Lipinski definition) is 2. The third-order valence-corrected chi connectivity index (χ3v) is 4.67. The van der Waals surface area contributed by atoms with Crippen LogP contribution in [0.5, 0.6) is 11.5 Å². The Morgan fingerprint density at radius 2 is 2.33 bits per heavy atom. The lowest BCUT2D eigenvalue weighted by Gasteiger charge is -2.24. The van der Waals surface area contributed by atoms with Crippen LogP contribution in [0.25, 0.3) is 11.3 Å². The number of nitrogens with one attached hydrogen (secondary N) is 1. The lowest BCUT2D eigenvalue weighted by atomic mass is 10.1. The number of ether oxygens (including phenoxy) is 2. The van der Waals surface area contributed by atoms with Gasteiger partial charge in [-0.05, 0) is 30.7 Å². The highest BCUT2D eigenvalue weighted by molar-refractivity contribution is 7.99. The Morgan fingerprint density at radius 1 is 1.43 bits per heavy atom. The van der Waals surface area contributed by atoms with Gasteiger partial charge in [0.15, 0.2) is 11.5 Å². The molecule has 1 saturated heterocycles. The van der Waals surface area contributed by atoms with E-state index in [4.69, 9.17) is 15.2 Å². The topological polar surface area (TPSA) is 73.2 Å².